The highest BCUT2D eigenvalue weighted by molar-refractivity contribution is 6.10. The number of ketones is 2. The standard InChI is InChI=1S/C24H22O3/c1-17-8-10-19(11-9-17)24(26)22-14-13-21(27-2)16-20(22)12-15-23(25)18-6-4-3-5-7-18/h3-11,13-14,16H,12,15H2,1-2H3. The van der Waals surface area contributed by atoms with Gasteiger partial charge in [-0.1, -0.05) is 60.2 Å². The molecule has 0 aliphatic carbocycles. The van der Waals surface area contributed by atoms with Crippen LogP contribution in [0.15, 0.2) is 72.8 Å². The predicted octanol–water partition coefficient (Wildman–Crippen LogP) is 5.05. The maximum absolute atomic E-state index is 13.0. The summed E-state index contributed by atoms with van der Waals surface area (Å²) in [4.78, 5) is 25.4. The minimum atomic E-state index is -0.0418. The molecule has 136 valence electrons. The summed E-state index contributed by atoms with van der Waals surface area (Å²) in [6, 6.07) is 22.1. The van der Waals surface area contributed by atoms with E-state index in [4.69, 9.17) is 4.74 Å². The number of rotatable bonds is 7. The van der Waals surface area contributed by atoms with E-state index in [1.807, 2.05) is 67.6 Å². The normalized spacial score (nSPS) is 10.4. The van der Waals surface area contributed by atoms with Crippen molar-refractivity contribution >= 4 is 11.6 Å². The third kappa shape index (κ3) is 4.50. The summed E-state index contributed by atoms with van der Waals surface area (Å²) in [6.07, 6.45) is 0.823. The SMILES string of the molecule is COc1ccc(C(=O)c2ccc(C)cc2)c(CCC(=O)c2ccccc2)c1. The van der Waals surface area contributed by atoms with Crippen LogP contribution in [0.1, 0.15) is 43.8 Å². The molecule has 0 aromatic heterocycles. The van der Waals surface area contributed by atoms with Crippen molar-refractivity contribution in [2.24, 2.45) is 0 Å². The molecule has 0 N–H and O–H groups in total. The van der Waals surface area contributed by atoms with Crippen LogP contribution in [0.5, 0.6) is 5.75 Å². The second-order valence-electron chi connectivity index (χ2n) is 6.51. The van der Waals surface area contributed by atoms with Crippen LogP contribution in [-0.4, -0.2) is 18.7 Å². The van der Waals surface area contributed by atoms with Crippen molar-refractivity contribution in [2.75, 3.05) is 7.11 Å². The number of carbonyl (C=O) groups is 2. The molecule has 0 amide bonds. The Balaban J connectivity index is 1.85. The van der Waals surface area contributed by atoms with E-state index >= 15 is 0 Å². The molecular weight excluding hydrogens is 336 g/mol. The maximum Gasteiger partial charge on any atom is 0.193 e. The fourth-order valence-corrected chi connectivity index (χ4v) is 3.00. The van der Waals surface area contributed by atoms with Gasteiger partial charge < -0.3 is 4.74 Å². The van der Waals surface area contributed by atoms with Crippen LogP contribution in [-0.2, 0) is 6.42 Å². The fourth-order valence-electron chi connectivity index (χ4n) is 3.00. The molecule has 0 aliphatic heterocycles. The van der Waals surface area contributed by atoms with E-state index in [-0.39, 0.29) is 11.6 Å². The van der Waals surface area contributed by atoms with Crippen LogP contribution in [0.4, 0.5) is 0 Å². The van der Waals surface area contributed by atoms with Crippen molar-refractivity contribution in [1.82, 2.24) is 0 Å². The average molecular weight is 358 g/mol. The molecule has 0 spiro atoms. The summed E-state index contributed by atoms with van der Waals surface area (Å²) in [6.45, 7) is 1.99. The Kier molecular flexibility index (Phi) is 5.82. The number of benzene rings is 3. The molecule has 3 aromatic rings. The molecule has 3 heteroatoms. The van der Waals surface area contributed by atoms with E-state index in [0.29, 0.717) is 35.3 Å². The topological polar surface area (TPSA) is 43.4 Å². The van der Waals surface area contributed by atoms with E-state index in [9.17, 15) is 9.59 Å². The summed E-state index contributed by atoms with van der Waals surface area (Å²) in [5.41, 5.74) is 3.87. The number of carbonyl (C=O) groups excluding carboxylic acids is 2. The van der Waals surface area contributed by atoms with E-state index in [1.54, 1.807) is 19.2 Å². The van der Waals surface area contributed by atoms with Gasteiger partial charge in [0, 0.05) is 23.1 Å². The highest BCUT2D eigenvalue weighted by Crippen LogP contribution is 2.23. The van der Waals surface area contributed by atoms with Gasteiger partial charge in [0.2, 0.25) is 0 Å². The van der Waals surface area contributed by atoms with Crippen LogP contribution in [0.3, 0.4) is 0 Å². The highest BCUT2D eigenvalue weighted by Gasteiger charge is 2.16. The molecule has 0 unspecified atom stereocenters. The van der Waals surface area contributed by atoms with Gasteiger partial charge in [0.25, 0.3) is 0 Å². The first-order valence-electron chi connectivity index (χ1n) is 8.95. The lowest BCUT2D eigenvalue weighted by molar-refractivity contribution is 0.0979. The number of methoxy groups -OCH3 is 1. The summed E-state index contributed by atoms with van der Waals surface area (Å²) in [7, 11) is 1.59. The first kappa shape index (κ1) is 18.6. The molecule has 0 saturated heterocycles. The molecule has 0 saturated carbocycles. The van der Waals surface area contributed by atoms with Gasteiger partial charge >= 0.3 is 0 Å². The van der Waals surface area contributed by atoms with Gasteiger partial charge in [0.1, 0.15) is 5.75 Å². The van der Waals surface area contributed by atoms with Gasteiger partial charge in [-0.3, -0.25) is 9.59 Å². The van der Waals surface area contributed by atoms with Crippen molar-refractivity contribution in [2.45, 2.75) is 19.8 Å². The van der Waals surface area contributed by atoms with Gasteiger partial charge in [-0.15, -0.1) is 0 Å². The number of ether oxygens (including phenoxy) is 1. The zero-order valence-electron chi connectivity index (χ0n) is 15.6. The van der Waals surface area contributed by atoms with Crippen LogP contribution >= 0.6 is 0 Å². The number of hydrogen-bond acceptors (Lipinski definition) is 3. The zero-order chi connectivity index (χ0) is 19.2. The number of Topliss-reactive ketones (excluding diaryl/α,β-unsaturated/α-hetero) is 1. The Bertz CT molecular complexity index is 941. The van der Waals surface area contributed by atoms with Crippen molar-refractivity contribution < 1.29 is 14.3 Å². The van der Waals surface area contributed by atoms with Gasteiger partial charge in [-0.05, 0) is 37.1 Å². The van der Waals surface area contributed by atoms with Crippen LogP contribution in [0, 0.1) is 6.92 Å². The van der Waals surface area contributed by atoms with Gasteiger partial charge in [0.15, 0.2) is 11.6 Å². The largest absolute Gasteiger partial charge is 0.497 e. The summed E-state index contributed by atoms with van der Waals surface area (Å²) in [5.74, 6) is 0.699. The molecule has 0 heterocycles. The fraction of sp³-hybridized carbons (Fsp3) is 0.167. The Morgan fingerprint density at radius 1 is 0.852 bits per heavy atom. The van der Waals surface area contributed by atoms with Gasteiger partial charge in [-0.2, -0.15) is 0 Å². The third-order valence-electron chi connectivity index (χ3n) is 4.59. The van der Waals surface area contributed by atoms with Crippen molar-refractivity contribution in [3.05, 3.63) is 101 Å². The Hall–Kier alpha value is -3.20. The third-order valence-corrected chi connectivity index (χ3v) is 4.59. The smallest absolute Gasteiger partial charge is 0.193 e. The average Bonchev–Trinajstić information content (AvgIpc) is 2.72. The molecule has 0 atom stereocenters. The van der Waals surface area contributed by atoms with Crippen LogP contribution in [0.2, 0.25) is 0 Å². The molecule has 3 rings (SSSR count). The molecular formula is C24H22O3. The maximum atomic E-state index is 13.0. The van der Waals surface area contributed by atoms with E-state index in [0.717, 1.165) is 11.1 Å². The number of hydrogen-bond donors (Lipinski definition) is 0. The van der Waals surface area contributed by atoms with E-state index in [2.05, 4.69) is 0 Å². The van der Waals surface area contributed by atoms with E-state index < -0.39 is 0 Å². The first-order chi connectivity index (χ1) is 13.1. The predicted molar refractivity (Wildman–Crippen MR) is 107 cm³/mol. The lowest BCUT2D eigenvalue weighted by Crippen LogP contribution is -2.08. The van der Waals surface area contributed by atoms with Gasteiger partial charge in [-0.25, -0.2) is 0 Å². The van der Waals surface area contributed by atoms with Crippen LogP contribution < -0.4 is 4.74 Å². The summed E-state index contributed by atoms with van der Waals surface area (Å²) in [5, 5.41) is 0. The first-order valence-corrected chi connectivity index (χ1v) is 8.95. The molecule has 27 heavy (non-hydrogen) atoms. The Morgan fingerprint density at radius 3 is 2.22 bits per heavy atom. The second-order valence-corrected chi connectivity index (χ2v) is 6.51. The summed E-state index contributed by atoms with van der Waals surface area (Å²) < 4.78 is 5.31. The number of aryl methyl sites for hydroxylation is 2. The second kappa shape index (κ2) is 8.45. The minimum Gasteiger partial charge on any atom is -0.497 e. The monoisotopic (exact) mass is 358 g/mol. The highest BCUT2D eigenvalue weighted by atomic mass is 16.5. The zero-order valence-corrected chi connectivity index (χ0v) is 15.6. The lowest BCUT2D eigenvalue weighted by Gasteiger charge is -2.11. The van der Waals surface area contributed by atoms with Crippen molar-refractivity contribution in [1.29, 1.82) is 0 Å². The quantitative estimate of drug-likeness (QED) is 0.555. The Morgan fingerprint density at radius 2 is 1.56 bits per heavy atom. The van der Waals surface area contributed by atoms with Crippen molar-refractivity contribution in [3.63, 3.8) is 0 Å². The lowest BCUT2D eigenvalue weighted by atomic mass is 9.93. The Labute approximate surface area is 159 Å². The molecule has 0 radical (unpaired) electrons. The molecule has 0 aliphatic rings. The molecule has 3 nitrogen and oxygen atoms in total. The molecule has 3 aromatic carbocycles. The van der Waals surface area contributed by atoms with Gasteiger partial charge in [0.05, 0.1) is 7.11 Å². The summed E-state index contributed by atoms with van der Waals surface area (Å²) >= 11 is 0. The molecule has 0 fully saturated rings. The van der Waals surface area contributed by atoms with Crippen molar-refractivity contribution in [3.8, 4) is 5.75 Å². The molecule has 0 bridgehead atoms. The minimum absolute atomic E-state index is 0.0418. The van der Waals surface area contributed by atoms with E-state index in [1.165, 1.54) is 0 Å². The van der Waals surface area contributed by atoms with Crippen LogP contribution in [0.25, 0.3) is 0 Å².